The van der Waals surface area contributed by atoms with Crippen LogP contribution in [0.15, 0.2) is 50.2 Å². The first-order valence-corrected chi connectivity index (χ1v) is 8.61. The maximum atomic E-state index is 12.3. The van der Waals surface area contributed by atoms with Crippen molar-refractivity contribution in [3.05, 3.63) is 68.1 Å². The molecule has 3 nitrogen and oxygen atoms in total. The van der Waals surface area contributed by atoms with Crippen molar-refractivity contribution in [2.45, 2.75) is 54.9 Å². The van der Waals surface area contributed by atoms with Gasteiger partial charge in [0.05, 0.1) is 12.7 Å². The van der Waals surface area contributed by atoms with Gasteiger partial charge in [-0.05, 0) is 53.5 Å². The molecule has 25 heavy (non-hydrogen) atoms. The van der Waals surface area contributed by atoms with Crippen LogP contribution in [0, 0.1) is 13.8 Å². The third kappa shape index (κ3) is 5.63. The first kappa shape index (κ1) is 20.8. The Bertz CT molecular complexity index is 799. The second-order valence-corrected chi connectivity index (χ2v) is 6.46. The SMILES string of the molecule is CC/C=C(C)/C=C(C)/C=C(C)/C=C(\C)c1oc(OC)c(C)c(=O)c1C. The summed E-state index contributed by atoms with van der Waals surface area (Å²) in [5.74, 6) is 0.847. The van der Waals surface area contributed by atoms with Crippen LogP contribution in [0.3, 0.4) is 0 Å². The lowest BCUT2D eigenvalue weighted by Gasteiger charge is -2.10. The van der Waals surface area contributed by atoms with Gasteiger partial charge >= 0.3 is 0 Å². The van der Waals surface area contributed by atoms with Crippen molar-refractivity contribution < 1.29 is 9.15 Å². The number of hydrogen-bond acceptors (Lipinski definition) is 3. The van der Waals surface area contributed by atoms with E-state index >= 15 is 0 Å². The summed E-state index contributed by atoms with van der Waals surface area (Å²) in [7, 11) is 1.51. The summed E-state index contributed by atoms with van der Waals surface area (Å²) in [6, 6.07) is 0. The number of methoxy groups -OCH3 is 1. The van der Waals surface area contributed by atoms with Gasteiger partial charge in [-0.25, -0.2) is 0 Å². The van der Waals surface area contributed by atoms with Crippen LogP contribution in [0.25, 0.3) is 5.57 Å². The lowest BCUT2D eigenvalue weighted by molar-refractivity contribution is 0.288. The molecule has 1 rings (SSSR count). The highest BCUT2D eigenvalue weighted by Crippen LogP contribution is 2.25. The Kier molecular flexibility index (Phi) is 7.69. The number of allylic oxidation sites excluding steroid dienone is 8. The lowest BCUT2D eigenvalue weighted by atomic mass is 10.0. The molecule has 1 aromatic heterocycles. The molecule has 0 aliphatic rings. The molecule has 0 N–H and O–H groups in total. The standard InChI is InChI=1S/C22H30O3/c1-9-10-14(2)11-15(3)12-16(4)13-17(5)21-18(6)20(23)19(7)22(24-8)25-21/h10-13H,9H2,1-8H3/b14-10+,15-11+,16-12+,17-13+. The third-order valence-corrected chi connectivity index (χ3v) is 3.95. The summed E-state index contributed by atoms with van der Waals surface area (Å²) in [4.78, 5) is 12.3. The summed E-state index contributed by atoms with van der Waals surface area (Å²) < 4.78 is 11.0. The summed E-state index contributed by atoms with van der Waals surface area (Å²) in [6.07, 6.45) is 9.54. The van der Waals surface area contributed by atoms with Gasteiger partial charge in [-0.2, -0.15) is 0 Å². The summed E-state index contributed by atoms with van der Waals surface area (Å²) in [6.45, 7) is 13.8. The van der Waals surface area contributed by atoms with Crippen molar-refractivity contribution in [2.24, 2.45) is 0 Å². The maximum absolute atomic E-state index is 12.3. The molecule has 0 atom stereocenters. The second kappa shape index (κ2) is 9.26. The van der Waals surface area contributed by atoms with Crippen molar-refractivity contribution in [3.63, 3.8) is 0 Å². The van der Waals surface area contributed by atoms with E-state index in [4.69, 9.17) is 9.15 Å². The van der Waals surface area contributed by atoms with Gasteiger partial charge in [0.1, 0.15) is 5.76 Å². The first-order valence-electron chi connectivity index (χ1n) is 8.61. The molecule has 0 aliphatic carbocycles. The molecule has 0 aromatic carbocycles. The van der Waals surface area contributed by atoms with Crippen LogP contribution < -0.4 is 10.2 Å². The van der Waals surface area contributed by atoms with Crippen LogP contribution >= 0.6 is 0 Å². The van der Waals surface area contributed by atoms with Crippen molar-refractivity contribution in [3.8, 4) is 5.95 Å². The molecule has 1 heterocycles. The van der Waals surface area contributed by atoms with Crippen molar-refractivity contribution in [1.29, 1.82) is 0 Å². The minimum absolute atomic E-state index is 0.0381. The molecule has 0 saturated carbocycles. The monoisotopic (exact) mass is 342 g/mol. The van der Waals surface area contributed by atoms with E-state index in [1.165, 1.54) is 18.3 Å². The van der Waals surface area contributed by atoms with Crippen LogP contribution in [-0.4, -0.2) is 7.11 Å². The predicted octanol–water partition coefficient (Wildman–Crippen LogP) is 5.92. The lowest BCUT2D eigenvalue weighted by Crippen LogP contribution is -2.12. The normalized spacial score (nSPS) is 14.1. The third-order valence-electron chi connectivity index (χ3n) is 3.95. The minimum atomic E-state index is -0.0381. The van der Waals surface area contributed by atoms with Gasteiger partial charge in [0.2, 0.25) is 0 Å². The highest BCUT2D eigenvalue weighted by atomic mass is 16.6. The van der Waals surface area contributed by atoms with Gasteiger partial charge in [0.15, 0.2) is 5.43 Å². The average molecular weight is 342 g/mol. The summed E-state index contributed by atoms with van der Waals surface area (Å²) in [5, 5.41) is 0. The predicted molar refractivity (Wildman–Crippen MR) is 106 cm³/mol. The average Bonchev–Trinajstić information content (AvgIpc) is 2.52. The zero-order chi connectivity index (χ0) is 19.1. The Hall–Kier alpha value is -2.29. The van der Waals surface area contributed by atoms with Crippen LogP contribution in [0.2, 0.25) is 0 Å². The van der Waals surface area contributed by atoms with Crippen LogP contribution in [0.5, 0.6) is 5.95 Å². The van der Waals surface area contributed by atoms with E-state index in [9.17, 15) is 4.79 Å². The van der Waals surface area contributed by atoms with Gasteiger partial charge in [0.25, 0.3) is 5.95 Å². The zero-order valence-electron chi connectivity index (χ0n) is 16.7. The molecule has 0 fully saturated rings. The van der Waals surface area contributed by atoms with Crippen molar-refractivity contribution in [2.75, 3.05) is 7.11 Å². The fourth-order valence-electron chi connectivity index (χ4n) is 2.88. The second-order valence-electron chi connectivity index (χ2n) is 6.46. The highest BCUT2D eigenvalue weighted by Gasteiger charge is 2.15. The molecule has 1 aromatic rings. The molecule has 0 bridgehead atoms. The highest BCUT2D eigenvalue weighted by molar-refractivity contribution is 5.65. The molecule has 136 valence electrons. The van der Waals surface area contributed by atoms with Crippen LogP contribution in [-0.2, 0) is 0 Å². The Balaban J connectivity index is 3.25. The number of rotatable bonds is 6. The van der Waals surface area contributed by atoms with Gasteiger partial charge in [-0.15, -0.1) is 0 Å². The molecule has 0 saturated heterocycles. The quantitative estimate of drug-likeness (QED) is 0.603. The fourth-order valence-corrected chi connectivity index (χ4v) is 2.88. The van der Waals surface area contributed by atoms with Gasteiger partial charge in [-0.1, -0.05) is 47.9 Å². The Morgan fingerprint density at radius 3 is 2.08 bits per heavy atom. The van der Waals surface area contributed by atoms with E-state index in [2.05, 4.69) is 39.0 Å². The van der Waals surface area contributed by atoms with E-state index in [0.717, 1.165) is 17.6 Å². The molecule has 0 spiro atoms. The van der Waals surface area contributed by atoms with Gasteiger partial charge < -0.3 is 9.15 Å². The summed E-state index contributed by atoms with van der Waals surface area (Å²) >= 11 is 0. The van der Waals surface area contributed by atoms with E-state index in [-0.39, 0.29) is 11.4 Å². The molecule has 0 unspecified atom stereocenters. The minimum Gasteiger partial charge on any atom is -0.468 e. The van der Waals surface area contributed by atoms with Crippen molar-refractivity contribution in [1.82, 2.24) is 0 Å². The molecular formula is C22H30O3. The summed E-state index contributed by atoms with van der Waals surface area (Å²) in [5.41, 5.74) is 5.50. The van der Waals surface area contributed by atoms with E-state index in [0.29, 0.717) is 16.9 Å². The van der Waals surface area contributed by atoms with E-state index in [1.807, 2.05) is 19.9 Å². The molecule has 0 radical (unpaired) electrons. The van der Waals surface area contributed by atoms with Crippen LogP contribution in [0.1, 0.15) is 57.9 Å². The fraction of sp³-hybridized carbons (Fsp3) is 0.409. The molecule has 0 amide bonds. The van der Waals surface area contributed by atoms with Gasteiger partial charge in [-0.3, -0.25) is 4.79 Å². The maximum Gasteiger partial charge on any atom is 0.291 e. The Labute approximate surface area is 151 Å². The number of hydrogen-bond donors (Lipinski definition) is 0. The largest absolute Gasteiger partial charge is 0.468 e. The topological polar surface area (TPSA) is 39.4 Å². The zero-order valence-corrected chi connectivity index (χ0v) is 16.7. The Morgan fingerprint density at radius 2 is 1.52 bits per heavy atom. The van der Waals surface area contributed by atoms with Gasteiger partial charge in [0, 0.05) is 5.56 Å². The molecular weight excluding hydrogens is 312 g/mol. The van der Waals surface area contributed by atoms with Crippen LogP contribution in [0.4, 0.5) is 0 Å². The smallest absolute Gasteiger partial charge is 0.291 e. The molecule has 0 aliphatic heterocycles. The van der Waals surface area contributed by atoms with E-state index in [1.54, 1.807) is 13.8 Å². The van der Waals surface area contributed by atoms with E-state index < -0.39 is 0 Å². The van der Waals surface area contributed by atoms with Crippen molar-refractivity contribution >= 4 is 5.57 Å². The molecule has 3 heteroatoms. The first-order chi connectivity index (χ1) is 11.7. The Morgan fingerprint density at radius 1 is 0.960 bits per heavy atom. The number of ether oxygens (including phenoxy) is 1.